The second-order valence-electron chi connectivity index (χ2n) is 7.02. The fraction of sp³-hybridized carbons (Fsp3) is 0.182. The van der Waals surface area contributed by atoms with E-state index in [1.165, 1.54) is 0 Å². The third-order valence-electron chi connectivity index (χ3n) is 5.57. The summed E-state index contributed by atoms with van der Waals surface area (Å²) in [4.78, 5) is 0. The third-order valence-corrected chi connectivity index (χ3v) is 5.57. The Morgan fingerprint density at radius 3 is 2.00 bits per heavy atom. The zero-order valence-electron chi connectivity index (χ0n) is 13.9. The van der Waals surface area contributed by atoms with E-state index in [-0.39, 0.29) is 0 Å². The van der Waals surface area contributed by atoms with Crippen LogP contribution in [0.1, 0.15) is 23.3 Å². The molecule has 0 saturated carbocycles. The molecule has 130 valence electrons. The van der Waals surface area contributed by atoms with Crippen molar-refractivity contribution >= 4 is 32.3 Å². The molecule has 4 aromatic rings. The van der Waals surface area contributed by atoms with E-state index >= 15 is 0 Å². The largest absolute Gasteiger partial charge is 0.387 e. The van der Waals surface area contributed by atoms with Crippen LogP contribution in [0.4, 0.5) is 0 Å². The Balaban J connectivity index is 1.88. The zero-order chi connectivity index (χ0) is 18.0. The summed E-state index contributed by atoms with van der Waals surface area (Å²) >= 11 is 0. The predicted molar refractivity (Wildman–Crippen MR) is 101 cm³/mol. The van der Waals surface area contributed by atoms with Crippen molar-refractivity contribution < 1.29 is 20.4 Å². The third kappa shape index (κ3) is 2.04. The molecule has 0 amide bonds. The molecular weight excluding hydrogens is 328 g/mol. The summed E-state index contributed by atoms with van der Waals surface area (Å²) < 4.78 is 0. The molecule has 1 aliphatic carbocycles. The molecule has 1 aliphatic rings. The highest BCUT2D eigenvalue weighted by molar-refractivity contribution is 6.12. The van der Waals surface area contributed by atoms with Crippen molar-refractivity contribution in [3.05, 3.63) is 71.8 Å². The Hall–Kier alpha value is -2.50. The Kier molecular flexibility index (Phi) is 3.33. The van der Waals surface area contributed by atoms with Crippen LogP contribution in [-0.2, 0) is 0 Å². The van der Waals surface area contributed by atoms with Crippen molar-refractivity contribution in [3.8, 4) is 0 Å². The maximum atomic E-state index is 10.5. The molecule has 4 nitrogen and oxygen atoms in total. The van der Waals surface area contributed by atoms with Crippen LogP contribution in [0.25, 0.3) is 32.3 Å². The molecule has 26 heavy (non-hydrogen) atoms. The first kappa shape index (κ1) is 15.7. The lowest BCUT2D eigenvalue weighted by atomic mass is 9.80. The summed E-state index contributed by atoms with van der Waals surface area (Å²) in [5.74, 6) is 0. The summed E-state index contributed by atoms with van der Waals surface area (Å²) in [6, 6.07) is 19.9. The van der Waals surface area contributed by atoms with Crippen molar-refractivity contribution in [3.63, 3.8) is 0 Å². The first-order valence-electron chi connectivity index (χ1n) is 8.66. The van der Waals surface area contributed by atoms with E-state index in [0.717, 1.165) is 32.3 Å². The molecule has 0 saturated heterocycles. The highest BCUT2D eigenvalue weighted by Gasteiger charge is 2.40. The van der Waals surface area contributed by atoms with Gasteiger partial charge in [-0.3, -0.25) is 0 Å². The molecule has 0 heterocycles. The lowest BCUT2D eigenvalue weighted by Gasteiger charge is -2.35. The van der Waals surface area contributed by atoms with E-state index in [0.29, 0.717) is 11.1 Å². The van der Waals surface area contributed by atoms with Gasteiger partial charge in [0, 0.05) is 0 Å². The number of rotatable bonds is 0. The minimum absolute atomic E-state index is 0.461. The Morgan fingerprint density at radius 2 is 1.15 bits per heavy atom. The smallest absolute Gasteiger partial charge is 0.113 e. The monoisotopic (exact) mass is 346 g/mol. The minimum atomic E-state index is -1.42. The van der Waals surface area contributed by atoms with Gasteiger partial charge in [0.2, 0.25) is 0 Å². The predicted octanol–water partition coefficient (Wildman–Crippen LogP) is 2.95. The molecule has 0 aliphatic heterocycles. The Bertz CT molecular complexity index is 1170. The molecule has 0 spiro atoms. The van der Waals surface area contributed by atoms with E-state index in [1.54, 1.807) is 6.07 Å². The number of hydrogen-bond donors (Lipinski definition) is 4. The number of aliphatic hydroxyl groups is 4. The van der Waals surface area contributed by atoms with Crippen LogP contribution < -0.4 is 0 Å². The van der Waals surface area contributed by atoms with Gasteiger partial charge in [0.25, 0.3) is 0 Å². The second kappa shape index (κ2) is 5.50. The van der Waals surface area contributed by atoms with Gasteiger partial charge in [0.05, 0.1) is 0 Å². The van der Waals surface area contributed by atoms with Crippen molar-refractivity contribution in [2.75, 3.05) is 0 Å². The van der Waals surface area contributed by atoms with Crippen molar-refractivity contribution in [1.82, 2.24) is 0 Å². The first-order valence-corrected chi connectivity index (χ1v) is 8.66. The summed E-state index contributed by atoms with van der Waals surface area (Å²) in [5.41, 5.74) is 0.950. The van der Waals surface area contributed by atoms with Crippen molar-refractivity contribution in [1.29, 1.82) is 0 Å². The van der Waals surface area contributed by atoms with Gasteiger partial charge < -0.3 is 20.4 Å². The maximum absolute atomic E-state index is 10.5. The van der Waals surface area contributed by atoms with E-state index < -0.39 is 24.4 Å². The van der Waals surface area contributed by atoms with E-state index in [9.17, 15) is 20.4 Å². The summed E-state index contributed by atoms with van der Waals surface area (Å²) in [5, 5.41) is 47.1. The van der Waals surface area contributed by atoms with Gasteiger partial charge in [-0.05, 0) is 55.6 Å². The van der Waals surface area contributed by atoms with E-state index in [4.69, 9.17) is 0 Å². The fourth-order valence-electron chi connectivity index (χ4n) is 4.18. The first-order chi connectivity index (χ1) is 12.6. The Labute approximate surface area is 149 Å². The Morgan fingerprint density at radius 1 is 0.538 bits per heavy atom. The average molecular weight is 346 g/mol. The molecule has 5 rings (SSSR count). The molecule has 0 fully saturated rings. The number of hydrogen-bond acceptors (Lipinski definition) is 4. The molecule has 4 heteroatoms. The molecule has 0 radical (unpaired) electrons. The SMILES string of the molecule is OC1c2ccc3cc4c(ccc5ccccc54)cc3c2C(O)[C@H](O)[C@@H]1O. The molecular formula is C22H18O4. The van der Waals surface area contributed by atoms with Crippen LogP contribution in [0.15, 0.2) is 60.7 Å². The molecule has 4 N–H and O–H groups in total. The van der Waals surface area contributed by atoms with Crippen LogP contribution in [0.3, 0.4) is 0 Å². The van der Waals surface area contributed by atoms with Gasteiger partial charge in [-0.2, -0.15) is 0 Å². The normalized spacial score (nSPS) is 25.7. The second-order valence-corrected chi connectivity index (χ2v) is 7.02. The quantitative estimate of drug-likeness (QED) is 0.291. The van der Waals surface area contributed by atoms with Gasteiger partial charge in [-0.15, -0.1) is 0 Å². The van der Waals surface area contributed by atoms with Crippen LogP contribution >= 0.6 is 0 Å². The highest BCUT2D eigenvalue weighted by atomic mass is 16.4. The average Bonchev–Trinajstić information content (AvgIpc) is 2.68. The van der Waals surface area contributed by atoms with Crippen LogP contribution in [-0.4, -0.2) is 32.6 Å². The molecule has 2 unspecified atom stereocenters. The van der Waals surface area contributed by atoms with Crippen LogP contribution in [0.5, 0.6) is 0 Å². The summed E-state index contributed by atoms with van der Waals surface area (Å²) in [6.07, 6.45) is -5.29. The summed E-state index contributed by atoms with van der Waals surface area (Å²) in [7, 11) is 0. The van der Waals surface area contributed by atoms with Gasteiger partial charge in [-0.25, -0.2) is 0 Å². The lowest BCUT2D eigenvalue weighted by Crippen LogP contribution is -2.41. The standard InChI is InChI=1S/C22H18O4/c23-19-15-8-7-13-9-16-12(6-5-11-3-1-2-4-14(11)16)10-17(13)18(15)20(24)22(26)21(19)25/h1-10,19-26H/t19?,20?,21-,22+/m1/s1. The fourth-order valence-corrected chi connectivity index (χ4v) is 4.18. The molecule has 0 aromatic heterocycles. The lowest BCUT2D eigenvalue weighted by molar-refractivity contribution is -0.119. The molecule has 0 bridgehead atoms. The highest BCUT2D eigenvalue weighted by Crippen LogP contribution is 2.42. The molecule has 4 aromatic carbocycles. The van der Waals surface area contributed by atoms with Gasteiger partial charge in [0.15, 0.2) is 0 Å². The number of aliphatic hydroxyl groups excluding tert-OH is 4. The number of benzene rings is 4. The van der Waals surface area contributed by atoms with Gasteiger partial charge in [0.1, 0.15) is 24.4 Å². The topological polar surface area (TPSA) is 80.9 Å². The minimum Gasteiger partial charge on any atom is -0.387 e. The van der Waals surface area contributed by atoms with Gasteiger partial charge >= 0.3 is 0 Å². The van der Waals surface area contributed by atoms with E-state index in [2.05, 4.69) is 24.3 Å². The van der Waals surface area contributed by atoms with Crippen LogP contribution in [0.2, 0.25) is 0 Å². The number of fused-ring (bicyclic) bond motifs is 6. The summed E-state index contributed by atoms with van der Waals surface area (Å²) in [6.45, 7) is 0. The van der Waals surface area contributed by atoms with Crippen LogP contribution in [0, 0.1) is 0 Å². The van der Waals surface area contributed by atoms with Crippen molar-refractivity contribution in [2.45, 2.75) is 24.4 Å². The van der Waals surface area contributed by atoms with Gasteiger partial charge in [-0.1, -0.05) is 48.5 Å². The zero-order valence-corrected chi connectivity index (χ0v) is 13.9. The van der Waals surface area contributed by atoms with E-state index in [1.807, 2.05) is 30.3 Å². The maximum Gasteiger partial charge on any atom is 0.113 e. The van der Waals surface area contributed by atoms with Crippen molar-refractivity contribution in [2.24, 2.45) is 0 Å². The molecule has 4 atom stereocenters.